The predicted octanol–water partition coefficient (Wildman–Crippen LogP) is 5.91. The van der Waals surface area contributed by atoms with Gasteiger partial charge in [0.05, 0.1) is 46.4 Å². The molecule has 2 amide bonds. The van der Waals surface area contributed by atoms with E-state index in [0.717, 1.165) is 22.5 Å². The fourth-order valence-electron chi connectivity index (χ4n) is 4.81. The fraction of sp³-hybridized carbons (Fsp3) is 0.211. The Morgan fingerprint density at radius 2 is 1.09 bits per heavy atom. The number of pyridine rings is 2. The second-order valence-corrected chi connectivity index (χ2v) is 12.5. The lowest BCUT2D eigenvalue weighted by molar-refractivity contribution is -0.0893. The lowest BCUT2D eigenvalue weighted by Crippen LogP contribution is -2.49. The Morgan fingerprint density at radius 3 is 1.45 bits per heavy atom. The number of nitrogens with zero attached hydrogens (tertiary/aromatic N) is 4. The van der Waals surface area contributed by atoms with E-state index in [1.165, 1.54) is 9.80 Å². The van der Waals surface area contributed by atoms with E-state index in [-0.39, 0.29) is 19.3 Å². The molecule has 0 fully saturated rings. The SMILES string of the molecule is CN(C(=O)c1cc(BOC(C)(C)C(C)(C)O)cc(C(=O)N(C)c2ccc(-c3ccccc3)nc2)c1)c1ccc(-c2ccccc2)nc1. The zero-order chi connectivity index (χ0) is 33.8. The van der Waals surface area contributed by atoms with Gasteiger partial charge in [-0.1, -0.05) is 78.3 Å². The van der Waals surface area contributed by atoms with E-state index in [1.807, 2.05) is 84.9 Å². The van der Waals surface area contributed by atoms with Crippen LogP contribution in [0.4, 0.5) is 11.4 Å². The number of hydrogen-bond acceptors (Lipinski definition) is 6. The Labute approximate surface area is 277 Å². The van der Waals surface area contributed by atoms with Crippen molar-refractivity contribution in [2.75, 3.05) is 23.9 Å². The maximum atomic E-state index is 13.9. The summed E-state index contributed by atoms with van der Waals surface area (Å²) in [5.74, 6) is -0.623. The summed E-state index contributed by atoms with van der Waals surface area (Å²) >= 11 is 0. The molecule has 5 aromatic rings. The molecule has 0 radical (unpaired) electrons. The van der Waals surface area contributed by atoms with Gasteiger partial charge in [-0.15, -0.1) is 0 Å². The molecule has 2 heterocycles. The number of anilines is 2. The van der Waals surface area contributed by atoms with Crippen LogP contribution in [0.15, 0.2) is 116 Å². The van der Waals surface area contributed by atoms with Crippen molar-refractivity contribution in [2.45, 2.75) is 38.9 Å². The fourth-order valence-corrected chi connectivity index (χ4v) is 4.81. The van der Waals surface area contributed by atoms with Gasteiger partial charge in [0.1, 0.15) is 0 Å². The second kappa shape index (κ2) is 13.7. The molecule has 0 unspecified atom stereocenters. The van der Waals surface area contributed by atoms with Gasteiger partial charge in [0, 0.05) is 36.3 Å². The summed E-state index contributed by atoms with van der Waals surface area (Å²) in [7, 11) is 3.43. The average molecular weight is 627 g/mol. The van der Waals surface area contributed by atoms with Crippen molar-refractivity contribution < 1.29 is 19.3 Å². The highest BCUT2D eigenvalue weighted by molar-refractivity contribution is 6.47. The van der Waals surface area contributed by atoms with Gasteiger partial charge in [0.25, 0.3) is 11.8 Å². The van der Waals surface area contributed by atoms with Crippen molar-refractivity contribution in [3.8, 4) is 22.5 Å². The first-order valence-corrected chi connectivity index (χ1v) is 15.4. The van der Waals surface area contributed by atoms with Crippen LogP contribution < -0.4 is 15.3 Å². The number of aliphatic hydroxyl groups is 1. The van der Waals surface area contributed by atoms with E-state index in [2.05, 4.69) is 9.97 Å². The third-order valence-corrected chi connectivity index (χ3v) is 8.58. The maximum absolute atomic E-state index is 13.9. The number of rotatable bonds is 10. The van der Waals surface area contributed by atoms with Gasteiger partial charge in [-0.25, -0.2) is 0 Å². The molecule has 3 aromatic carbocycles. The van der Waals surface area contributed by atoms with Crippen molar-refractivity contribution in [3.63, 3.8) is 0 Å². The Hall–Kier alpha value is -5.12. The molecule has 0 aliphatic rings. The summed E-state index contributed by atoms with van der Waals surface area (Å²) in [5.41, 5.74) is 3.99. The smallest absolute Gasteiger partial charge is 0.309 e. The Morgan fingerprint density at radius 1 is 0.660 bits per heavy atom. The van der Waals surface area contributed by atoms with E-state index in [1.54, 1.807) is 72.4 Å². The normalized spacial score (nSPS) is 11.6. The lowest BCUT2D eigenvalue weighted by atomic mass is 9.81. The molecule has 5 rings (SSSR count). The van der Waals surface area contributed by atoms with E-state index in [0.29, 0.717) is 28.0 Å². The van der Waals surface area contributed by atoms with Crippen LogP contribution in [0, 0.1) is 0 Å². The molecule has 1 N–H and O–H groups in total. The van der Waals surface area contributed by atoms with Crippen molar-refractivity contribution in [2.24, 2.45) is 0 Å². The van der Waals surface area contributed by atoms with Gasteiger partial charge in [-0.05, 0) is 58.0 Å². The summed E-state index contributed by atoms with van der Waals surface area (Å²) in [6.45, 7) is 6.96. The molecule has 238 valence electrons. The molecule has 2 aromatic heterocycles. The molecular weight excluding hydrogens is 587 g/mol. The van der Waals surface area contributed by atoms with Gasteiger partial charge >= 0.3 is 7.48 Å². The molecule has 8 nitrogen and oxygen atoms in total. The molecular formula is C38H39BN4O4. The molecule has 0 saturated carbocycles. The van der Waals surface area contributed by atoms with E-state index in [4.69, 9.17) is 4.65 Å². The number of aromatic nitrogens is 2. The predicted molar refractivity (Wildman–Crippen MR) is 189 cm³/mol. The Balaban J connectivity index is 1.43. The third-order valence-electron chi connectivity index (χ3n) is 8.58. The van der Waals surface area contributed by atoms with Crippen LogP contribution in [0.2, 0.25) is 0 Å². The zero-order valence-electron chi connectivity index (χ0n) is 27.6. The number of amides is 2. The van der Waals surface area contributed by atoms with Crippen molar-refractivity contribution >= 4 is 36.1 Å². The zero-order valence-corrected chi connectivity index (χ0v) is 27.6. The van der Waals surface area contributed by atoms with Crippen LogP contribution >= 0.6 is 0 Å². The summed E-state index contributed by atoms with van der Waals surface area (Å²) in [6.07, 6.45) is 3.32. The van der Waals surface area contributed by atoms with E-state index >= 15 is 0 Å². The average Bonchev–Trinajstić information content (AvgIpc) is 3.09. The summed E-state index contributed by atoms with van der Waals surface area (Å²) < 4.78 is 6.13. The molecule has 0 aliphatic carbocycles. The molecule has 0 spiro atoms. The minimum Gasteiger partial charge on any atom is -0.427 e. The highest BCUT2D eigenvalue weighted by atomic mass is 16.5. The molecule has 0 saturated heterocycles. The molecule has 47 heavy (non-hydrogen) atoms. The molecule has 0 aliphatic heterocycles. The standard InChI is InChI=1S/C38H39BN4O4/c1-37(2,46)38(3,4)47-39-30-22-28(35(44)42(5)31-17-19-33(40-24-31)26-13-9-7-10-14-26)21-29(23-30)36(45)43(6)32-18-20-34(41-25-32)27-15-11-8-12-16-27/h7-25,39,46H,1-6H3. The van der Waals surface area contributed by atoms with Crippen LogP contribution in [0.1, 0.15) is 48.4 Å². The maximum Gasteiger partial charge on any atom is 0.309 e. The quantitative estimate of drug-likeness (QED) is 0.194. The number of carbonyl (C=O) groups is 2. The van der Waals surface area contributed by atoms with Crippen LogP contribution in [-0.4, -0.2) is 59.7 Å². The van der Waals surface area contributed by atoms with E-state index < -0.39 is 11.2 Å². The van der Waals surface area contributed by atoms with Gasteiger partial charge in [-0.3, -0.25) is 19.6 Å². The van der Waals surface area contributed by atoms with Crippen LogP contribution in [0.25, 0.3) is 22.5 Å². The van der Waals surface area contributed by atoms with Crippen LogP contribution in [-0.2, 0) is 4.65 Å². The number of carbonyl (C=O) groups excluding carboxylic acids is 2. The first-order valence-electron chi connectivity index (χ1n) is 15.4. The van der Waals surface area contributed by atoms with Crippen molar-refractivity contribution in [3.05, 3.63) is 127 Å². The van der Waals surface area contributed by atoms with Gasteiger partial charge in [0.2, 0.25) is 0 Å². The summed E-state index contributed by atoms with van der Waals surface area (Å²) in [5, 5.41) is 10.6. The van der Waals surface area contributed by atoms with Crippen LogP contribution in [0.5, 0.6) is 0 Å². The number of hydrogen-bond donors (Lipinski definition) is 1. The minimum atomic E-state index is -1.13. The largest absolute Gasteiger partial charge is 0.427 e. The molecule has 0 atom stereocenters. The first kappa shape index (κ1) is 33.3. The molecule has 9 heteroatoms. The third kappa shape index (κ3) is 7.65. The van der Waals surface area contributed by atoms with Gasteiger partial charge in [-0.2, -0.15) is 0 Å². The van der Waals surface area contributed by atoms with Crippen LogP contribution in [0.3, 0.4) is 0 Å². The van der Waals surface area contributed by atoms with Gasteiger partial charge in [0.15, 0.2) is 0 Å². The van der Waals surface area contributed by atoms with Gasteiger partial charge < -0.3 is 19.6 Å². The summed E-state index contributed by atoms with van der Waals surface area (Å²) in [4.78, 5) is 39.9. The first-order chi connectivity index (χ1) is 22.3. The Kier molecular flexibility index (Phi) is 9.70. The van der Waals surface area contributed by atoms with E-state index in [9.17, 15) is 14.7 Å². The second-order valence-electron chi connectivity index (χ2n) is 12.5. The highest BCUT2D eigenvalue weighted by Gasteiger charge is 2.36. The minimum absolute atomic E-state index is 0.0759. The summed E-state index contributed by atoms with van der Waals surface area (Å²) in [6, 6.07) is 32.1. The molecule has 0 bridgehead atoms. The number of benzene rings is 3. The lowest BCUT2D eigenvalue weighted by Gasteiger charge is -2.37. The highest BCUT2D eigenvalue weighted by Crippen LogP contribution is 2.26. The monoisotopic (exact) mass is 626 g/mol. The Bertz CT molecular complexity index is 1720. The van der Waals surface area contributed by atoms with Crippen molar-refractivity contribution in [1.82, 2.24) is 9.97 Å². The van der Waals surface area contributed by atoms with Crippen molar-refractivity contribution in [1.29, 1.82) is 0 Å². The topological polar surface area (TPSA) is 95.9 Å².